The van der Waals surface area contributed by atoms with Crippen LogP contribution in [0, 0.1) is 10.1 Å². The maximum absolute atomic E-state index is 12.1. The lowest BCUT2D eigenvalue weighted by atomic mass is 10.2. The zero-order chi connectivity index (χ0) is 17.5. The molecule has 8 nitrogen and oxygen atoms in total. The number of anilines is 2. The van der Waals surface area contributed by atoms with Gasteiger partial charge >= 0.3 is 0 Å². The van der Waals surface area contributed by atoms with Crippen molar-refractivity contribution in [2.24, 2.45) is 0 Å². The molecule has 0 radical (unpaired) electrons. The maximum Gasteiger partial charge on any atom is 0.271 e. The Hall–Kier alpha value is -3.29. The summed E-state index contributed by atoms with van der Waals surface area (Å²) < 4.78 is 10.3. The van der Waals surface area contributed by atoms with Crippen LogP contribution in [-0.4, -0.2) is 31.6 Å². The Morgan fingerprint density at radius 1 is 1.17 bits per heavy atom. The normalized spacial score (nSPS) is 9.92. The molecule has 0 spiro atoms. The maximum atomic E-state index is 12.1. The second kappa shape index (κ2) is 7.82. The number of nitrogens with zero attached hydrogens (tertiary/aromatic N) is 1. The van der Waals surface area contributed by atoms with E-state index >= 15 is 0 Å². The number of hydrogen-bond donors (Lipinski definition) is 2. The third kappa shape index (κ3) is 4.35. The van der Waals surface area contributed by atoms with Gasteiger partial charge in [-0.1, -0.05) is 6.07 Å². The lowest BCUT2D eigenvalue weighted by molar-refractivity contribution is -0.384. The van der Waals surface area contributed by atoms with Crippen molar-refractivity contribution in [1.29, 1.82) is 0 Å². The molecule has 24 heavy (non-hydrogen) atoms. The monoisotopic (exact) mass is 331 g/mol. The fraction of sp³-hybridized carbons (Fsp3) is 0.188. The molecule has 126 valence electrons. The zero-order valence-corrected chi connectivity index (χ0v) is 13.2. The van der Waals surface area contributed by atoms with Crippen LogP contribution in [0.25, 0.3) is 0 Å². The summed E-state index contributed by atoms with van der Waals surface area (Å²) >= 11 is 0. The molecule has 0 bridgehead atoms. The van der Waals surface area contributed by atoms with Crippen LogP contribution in [0.15, 0.2) is 42.5 Å². The van der Waals surface area contributed by atoms with Gasteiger partial charge in [0.25, 0.3) is 5.69 Å². The molecule has 2 aromatic rings. The van der Waals surface area contributed by atoms with Crippen molar-refractivity contribution in [3.05, 3.63) is 52.6 Å². The van der Waals surface area contributed by atoms with Gasteiger partial charge in [0.05, 0.1) is 31.4 Å². The summed E-state index contributed by atoms with van der Waals surface area (Å²) in [6.07, 6.45) is 0. The molecule has 0 fully saturated rings. The number of carbonyl (C=O) groups is 1. The summed E-state index contributed by atoms with van der Waals surface area (Å²) in [6, 6.07) is 11.0. The number of carbonyl (C=O) groups excluding carboxylic acids is 1. The highest BCUT2D eigenvalue weighted by Gasteiger charge is 2.10. The first-order chi connectivity index (χ1) is 11.5. The SMILES string of the molecule is COc1ccc(OC)c(NC(=O)CNc2cccc([N+](=O)[O-])c2)c1. The van der Waals surface area contributed by atoms with Gasteiger partial charge in [0.1, 0.15) is 11.5 Å². The Kier molecular flexibility index (Phi) is 5.56. The Balaban J connectivity index is 2.01. The van der Waals surface area contributed by atoms with Gasteiger partial charge in [-0.15, -0.1) is 0 Å². The molecule has 8 heteroatoms. The summed E-state index contributed by atoms with van der Waals surface area (Å²) in [6.45, 7) is -0.0540. The van der Waals surface area contributed by atoms with Crippen LogP contribution in [0.1, 0.15) is 0 Å². The molecule has 2 aromatic carbocycles. The average molecular weight is 331 g/mol. The molecule has 2 N–H and O–H groups in total. The highest BCUT2D eigenvalue weighted by atomic mass is 16.6. The van der Waals surface area contributed by atoms with Crippen molar-refractivity contribution in [3.63, 3.8) is 0 Å². The summed E-state index contributed by atoms with van der Waals surface area (Å²) in [4.78, 5) is 22.3. The number of nitro groups is 1. The molecule has 0 aromatic heterocycles. The van der Waals surface area contributed by atoms with E-state index in [9.17, 15) is 14.9 Å². The Morgan fingerprint density at radius 2 is 1.96 bits per heavy atom. The number of hydrogen-bond acceptors (Lipinski definition) is 6. The second-order valence-corrected chi connectivity index (χ2v) is 4.78. The van der Waals surface area contributed by atoms with Crippen LogP contribution in [0.4, 0.5) is 17.1 Å². The molecule has 1 amide bonds. The highest BCUT2D eigenvalue weighted by molar-refractivity contribution is 5.95. The first-order valence-electron chi connectivity index (χ1n) is 7.03. The van der Waals surface area contributed by atoms with E-state index in [2.05, 4.69) is 10.6 Å². The van der Waals surface area contributed by atoms with E-state index in [0.717, 1.165) is 0 Å². The van der Waals surface area contributed by atoms with E-state index in [0.29, 0.717) is 22.9 Å². The Labute approximate surface area is 138 Å². The van der Waals surface area contributed by atoms with Gasteiger partial charge in [-0.3, -0.25) is 14.9 Å². The summed E-state index contributed by atoms with van der Waals surface area (Å²) in [7, 11) is 3.02. The van der Waals surface area contributed by atoms with Crippen LogP contribution >= 0.6 is 0 Å². The minimum atomic E-state index is -0.494. The lowest BCUT2D eigenvalue weighted by Gasteiger charge is -2.12. The van der Waals surface area contributed by atoms with Gasteiger partial charge in [-0.2, -0.15) is 0 Å². The van der Waals surface area contributed by atoms with Crippen LogP contribution in [0.5, 0.6) is 11.5 Å². The number of ether oxygens (including phenoxy) is 2. The van der Waals surface area contributed by atoms with E-state index in [1.54, 1.807) is 30.3 Å². The molecule has 0 saturated carbocycles. The Morgan fingerprint density at radius 3 is 2.62 bits per heavy atom. The number of nitrogens with one attached hydrogen (secondary N) is 2. The smallest absolute Gasteiger partial charge is 0.271 e. The molecular formula is C16H17N3O5. The minimum absolute atomic E-state index is 0.0464. The molecule has 0 aliphatic heterocycles. The number of amides is 1. The molecule has 0 saturated heterocycles. The Bertz CT molecular complexity index is 748. The minimum Gasteiger partial charge on any atom is -0.497 e. The topological polar surface area (TPSA) is 103 Å². The predicted octanol–water partition coefficient (Wildman–Crippen LogP) is 2.66. The van der Waals surface area contributed by atoms with Crippen molar-refractivity contribution < 1.29 is 19.2 Å². The van der Waals surface area contributed by atoms with Gasteiger partial charge in [0.15, 0.2) is 0 Å². The van der Waals surface area contributed by atoms with Gasteiger partial charge in [0.2, 0.25) is 5.91 Å². The number of rotatable bonds is 7. The van der Waals surface area contributed by atoms with Crippen LogP contribution in [-0.2, 0) is 4.79 Å². The predicted molar refractivity (Wildman–Crippen MR) is 89.8 cm³/mol. The van der Waals surface area contributed by atoms with Crippen molar-refractivity contribution >= 4 is 23.0 Å². The molecule has 0 unspecified atom stereocenters. The van der Waals surface area contributed by atoms with Gasteiger partial charge in [-0.05, 0) is 18.2 Å². The summed E-state index contributed by atoms with van der Waals surface area (Å²) in [5, 5.41) is 16.3. The molecule has 0 aliphatic rings. The fourth-order valence-corrected chi connectivity index (χ4v) is 2.02. The quantitative estimate of drug-likeness (QED) is 0.597. The van der Waals surface area contributed by atoms with Gasteiger partial charge in [-0.25, -0.2) is 0 Å². The van der Waals surface area contributed by atoms with E-state index < -0.39 is 4.92 Å². The number of benzene rings is 2. The third-order valence-corrected chi connectivity index (χ3v) is 3.19. The average Bonchev–Trinajstić information content (AvgIpc) is 2.60. The molecule has 0 aliphatic carbocycles. The number of non-ortho nitro benzene ring substituents is 1. The highest BCUT2D eigenvalue weighted by Crippen LogP contribution is 2.28. The van der Waals surface area contributed by atoms with Crippen LogP contribution in [0.3, 0.4) is 0 Å². The number of methoxy groups -OCH3 is 2. The zero-order valence-electron chi connectivity index (χ0n) is 13.2. The van der Waals surface area contributed by atoms with E-state index in [4.69, 9.17) is 9.47 Å². The fourth-order valence-electron chi connectivity index (χ4n) is 2.02. The first-order valence-corrected chi connectivity index (χ1v) is 7.03. The van der Waals surface area contributed by atoms with Crippen LogP contribution in [0.2, 0.25) is 0 Å². The summed E-state index contributed by atoms with van der Waals surface area (Å²) in [5.41, 5.74) is 0.912. The largest absolute Gasteiger partial charge is 0.497 e. The molecule has 0 atom stereocenters. The van der Waals surface area contributed by atoms with Crippen molar-refractivity contribution in [2.75, 3.05) is 31.4 Å². The second-order valence-electron chi connectivity index (χ2n) is 4.78. The van der Waals surface area contributed by atoms with Gasteiger partial charge < -0.3 is 20.1 Å². The molecular weight excluding hydrogens is 314 g/mol. The van der Waals surface area contributed by atoms with Gasteiger partial charge in [0, 0.05) is 23.9 Å². The van der Waals surface area contributed by atoms with Crippen molar-refractivity contribution in [1.82, 2.24) is 0 Å². The lowest BCUT2D eigenvalue weighted by Crippen LogP contribution is -2.22. The van der Waals surface area contributed by atoms with E-state index in [1.165, 1.54) is 26.4 Å². The summed E-state index contributed by atoms with van der Waals surface area (Å²) in [5.74, 6) is 0.755. The van der Waals surface area contributed by atoms with Crippen molar-refractivity contribution in [2.45, 2.75) is 0 Å². The molecule has 2 rings (SSSR count). The standard InChI is InChI=1S/C16H17N3O5/c1-23-13-6-7-15(24-2)14(9-13)18-16(20)10-17-11-4-3-5-12(8-11)19(21)22/h3-9,17H,10H2,1-2H3,(H,18,20). The van der Waals surface area contributed by atoms with Crippen molar-refractivity contribution in [3.8, 4) is 11.5 Å². The van der Waals surface area contributed by atoms with E-state index in [-0.39, 0.29) is 18.1 Å². The van der Waals surface area contributed by atoms with E-state index in [1.807, 2.05) is 0 Å². The molecule has 0 heterocycles. The third-order valence-electron chi connectivity index (χ3n) is 3.19. The van der Waals surface area contributed by atoms with Crippen LogP contribution < -0.4 is 20.1 Å². The number of nitro benzene ring substituents is 1. The first kappa shape index (κ1) is 17.1.